The zero-order valence-corrected chi connectivity index (χ0v) is 21.8. The molecule has 35 heavy (non-hydrogen) atoms. The average Bonchev–Trinajstić information content (AvgIpc) is 3.08. The highest BCUT2D eigenvalue weighted by atomic mass is 16.5. The van der Waals surface area contributed by atoms with Gasteiger partial charge in [0, 0.05) is 13.6 Å². The molecule has 0 bridgehead atoms. The zero-order valence-electron chi connectivity index (χ0n) is 21.8. The molecule has 190 valence electrons. The van der Waals surface area contributed by atoms with Crippen LogP contribution in [0.4, 0.5) is 4.79 Å². The number of carboxylic acids is 1. The summed E-state index contributed by atoms with van der Waals surface area (Å²) in [6, 6.07) is 16.5. The van der Waals surface area contributed by atoms with E-state index < -0.39 is 12.1 Å². The van der Waals surface area contributed by atoms with Crippen LogP contribution < -0.4 is 10.1 Å². The van der Waals surface area contributed by atoms with Crippen LogP contribution in [0.5, 0.6) is 5.75 Å². The van der Waals surface area contributed by atoms with E-state index in [9.17, 15) is 14.7 Å². The molecule has 3 rings (SSSR count). The average molecular weight is 481 g/mol. The summed E-state index contributed by atoms with van der Waals surface area (Å²) in [5.41, 5.74) is 3.58. The van der Waals surface area contributed by atoms with Gasteiger partial charge < -0.3 is 20.1 Å². The maximum absolute atomic E-state index is 12.4. The molecule has 6 heteroatoms. The number of hydrogen-bond donors (Lipinski definition) is 2. The van der Waals surface area contributed by atoms with E-state index >= 15 is 0 Å². The molecular formula is C29H40N2O4. The van der Waals surface area contributed by atoms with Gasteiger partial charge in [-0.15, -0.1) is 0 Å². The number of aliphatic carboxylic acids is 1. The first-order valence-electron chi connectivity index (χ1n) is 12.6. The molecule has 2 aromatic carbocycles. The van der Waals surface area contributed by atoms with Gasteiger partial charge in [-0.1, -0.05) is 70.5 Å². The number of ether oxygens (including phenoxy) is 1. The van der Waals surface area contributed by atoms with Gasteiger partial charge in [0.1, 0.15) is 5.75 Å². The van der Waals surface area contributed by atoms with Crippen molar-refractivity contribution in [2.75, 3.05) is 13.6 Å². The van der Waals surface area contributed by atoms with Crippen molar-refractivity contribution in [1.29, 1.82) is 0 Å². The van der Waals surface area contributed by atoms with E-state index in [-0.39, 0.29) is 17.0 Å². The molecule has 2 N–H and O–H groups in total. The molecule has 1 aliphatic heterocycles. The summed E-state index contributed by atoms with van der Waals surface area (Å²) in [6.07, 6.45) is 3.94. The first-order chi connectivity index (χ1) is 16.5. The number of likely N-dealkylation sites (N-methyl/N-ethyl adjacent to an activating group) is 1. The van der Waals surface area contributed by atoms with Crippen molar-refractivity contribution < 1.29 is 19.4 Å². The number of hydrogen-bond acceptors (Lipinski definition) is 3. The number of nitrogens with zero attached hydrogens (tertiary/aromatic N) is 1. The van der Waals surface area contributed by atoms with Gasteiger partial charge in [0.25, 0.3) is 0 Å². The van der Waals surface area contributed by atoms with E-state index in [4.69, 9.17) is 4.74 Å². The lowest BCUT2D eigenvalue weighted by molar-refractivity contribution is -0.145. The Morgan fingerprint density at radius 1 is 1.11 bits per heavy atom. The van der Waals surface area contributed by atoms with Crippen molar-refractivity contribution in [2.45, 2.75) is 83.3 Å². The van der Waals surface area contributed by atoms with Gasteiger partial charge in [0.15, 0.2) is 6.10 Å². The molecule has 0 aromatic heterocycles. The number of carbonyl (C=O) groups is 2. The number of aryl methyl sites for hydroxylation is 1. The Hall–Kier alpha value is -3.02. The Morgan fingerprint density at radius 3 is 2.26 bits per heavy atom. The standard InChI is InChI=1S/C29H40N2O4/c1-6-8-25(26(32)33)35-24-16-12-21(13-17-24)9-7-18-29(20-30-27(34)31(29)5)19-22-10-14-23(15-11-22)28(2,3)4/h10-17,25H,6-9,18-20H2,1-5H3,(H,30,34)(H,32,33). The van der Waals surface area contributed by atoms with Gasteiger partial charge in [-0.3, -0.25) is 0 Å². The van der Waals surface area contributed by atoms with Crippen molar-refractivity contribution in [3.8, 4) is 5.75 Å². The van der Waals surface area contributed by atoms with Crippen LogP contribution >= 0.6 is 0 Å². The minimum Gasteiger partial charge on any atom is -0.479 e. The predicted octanol–water partition coefficient (Wildman–Crippen LogP) is 5.58. The summed E-state index contributed by atoms with van der Waals surface area (Å²) in [5, 5.41) is 12.3. The van der Waals surface area contributed by atoms with Crippen LogP contribution in [0.25, 0.3) is 0 Å². The third-order valence-corrected chi connectivity index (χ3v) is 7.07. The van der Waals surface area contributed by atoms with Gasteiger partial charge in [0.2, 0.25) is 0 Å². The molecule has 1 aliphatic rings. The molecular weight excluding hydrogens is 440 g/mol. The Balaban J connectivity index is 1.63. The number of carboxylic acid groups (broad SMARTS) is 1. The number of amides is 2. The molecule has 1 saturated heterocycles. The normalized spacial score (nSPS) is 18.9. The smallest absolute Gasteiger partial charge is 0.344 e. The van der Waals surface area contributed by atoms with E-state index in [1.54, 1.807) is 0 Å². The molecule has 2 unspecified atom stereocenters. The Morgan fingerprint density at radius 2 is 1.74 bits per heavy atom. The molecule has 6 nitrogen and oxygen atoms in total. The maximum atomic E-state index is 12.4. The molecule has 1 fully saturated rings. The fourth-order valence-corrected chi connectivity index (χ4v) is 4.74. The minimum atomic E-state index is -0.932. The monoisotopic (exact) mass is 480 g/mol. The summed E-state index contributed by atoms with van der Waals surface area (Å²) in [6.45, 7) is 9.23. The number of carbonyl (C=O) groups excluding carboxylic acids is 1. The SMILES string of the molecule is CCCC(Oc1ccc(CCCC2(Cc3ccc(C(C)(C)C)cc3)CNC(=O)N2C)cc1)C(=O)O. The highest BCUT2D eigenvalue weighted by molar-refractivity contribution is 5.77. The summed E-state index contributed by atoms with van der Waals surface area (Å²) >= 11 is 0. The number of rotatable bonds is 11. The van der Waals surface area contributed by atoms with E-state index in [0.717, 1.165) is 32.1 Å². The van der Waals surface area contributed by atoms with Gasteiger partial charge >= 0.3 is 12.0 Å². The lowest BCUT2D eigenvalue weighted by Crippen LogP contribution is -2.46. The van der Waals surface area contributed by atoms with Crippen LogP contribution in [0.1, 0.15) is 70.1 Å². The van der Waals surface area contributed by atoms with Crippen LogP contribution in [0.3, 0.4) is 0 Å². The predicted molar refractivity (Wildman–Crippen MR) is 139 cm³/mol. The van der Waals surface area contributed by atoms with Crippen molar-refractivity contribution >= 4 is 12.0 Å². The first kappa shape index (κ1) is 26.6. The number of urea groups is 1. The number of benzene rings is 2. The molecule has 0 aliphatic carbocycles. The second-order valence-corrected chi connectivity index (χ2v) is 10.8. The summed E-state index contributed by atoms with van der Waals surface area (Å²) in [4.78, 5) is 25.6. The quantitative estimate of drug-likeness (QED) is 0.440. The number of nitrogens with one attached hydrogen (secondary N) is 1. The van der Waals surface area contributed by atoms with Crippen LogP contribution in [0.15, 0.2) is 48.5 Å². The van der Waals surface area contributed by atoms with Crippen molar-refractivity contribution in [3.63, 3.8) is 0 Å². The van der Waals surface area contributed by atoms with Crippen LogP contribution in [-0.2, 0) is 23.1 Å². The molecule has 2 aromatic rings. The van der Waals surface area contributed by atoms with Crippen molar-refractivity contribution in [2.24, 2.45) is 0 Å². The fourth-order valence-electron chi connectivity index (χ4n) is 4.74. The van der Waals surface area contributed by atoms with Gasteiger partial charge in [-0.2, -0.15) is 0 Å². The maximum Gasteiger partial charge on any atom is 0.344 e. The van der Waals surface area contributed by atoms with Crippen LogP contribution in [-0.4, -0.2) is 47.2 Å². The van der Waals surface area contributed by atoms with Crippen molar-refractivity contribution in [3.05, 3.63) is 65.2 Å². The van der Waals surface area contributed by atoms with Crippen LogP contribution in [0, 0.1) is 0 Å². The Bertz CT molecular complexity index is 995. The highest BCUT2D eigenvalue weighted by Gasteiger charge is 2.42. The topological polar surface area (TPSA) is 78.9 Å². The molecule has 1 heterocycles. The van der Waals surface area contributed by atoms with E-state index in [2.05, 4.69) is 50.4 Å². The molecule has 0 spiro atoms. The second kappa shape index (κ2) is 11.1. The second-order valence-electron chi connectivity index (χ2n) is 10.8. The molecule has 2 amide bonds. The minimum absolute atomic E-state index is 0.0159. The lowest BCUT2D eigenvalue weighted by Gasteiger charge is -2.35. The van der Waals surface area contributed by atoms with E-state index in [1.165, 1.54) is 16.7 Å². The Labute approximate surface area is 209 Å². The molecule has 0 radical (unpaired) electrons. The Kier molecular flexibility index (Phi) is 8.47. The van der Waals surface area contributed by atoms with Crippen LogP contribution in [0.2, 0.25) is 0 Å². The van der Waals surface area contributed by atoms with Gasteiger partial charge in [-0.25, -0.2) is 9.59 Å². The lowest BCUT2D eigenvalue weighted by atomic mass is 9.83. The van der Waals surface area contributed by atoms with E-state index in [1.807, 2.05) is 43.1 Å². The fraction of sp³-hybridized carbons (Fsp3) is 0.517. The summed E-state index contributed by atoms with van der Waals surface area (Å²) in [7, 11) is 1.90. The first-order valence-corrected chi connectivity index (χ1v) is 12.6. The largest absolute Gasteiger partial charge is 0.479 e. The third kappa shape index (κ3) is 6.77. The van der Waals surface area contributed by atoms with E-state index in [0.29, 0.717) is 18.7 Å². The molecule has 0 saturated carbocycles. The highest BCUT2D eigenvalue weighted by Crippen LogP contribution is 2.31. The molecule has 2 atom stereocenters. The zero-order chi connectivity index (χ0) is 25.6. The van der Waals surface area contributed by atoms with Gasteiger partial charge in [0.05, 0.1) is 5.54 Å². The summed E-state index contributed by atoms with van der Waals surface area (Å²) in [5.74, 6) is -0.354. The van der Waals surface area contributed by atoms with Gasteiger partial charge in [-0.05, 0) is 66.3 Å². The third-order valence-electron chi connectivity index (χ3n) is 7.07. The van der Waals surface area contributed by atoms with Crippen molar-refractivity contribution in [1.82, 2.24) is 10.2 Å². The summed E-state index contributed by atoms with van der Waals surface area (Å²) < 4.78 is 5.64.